The molecular weight excluding hydrogens is 444 g/mol. The van der Waals surface area contributed by atoms with Gasteiger partial charge in [0.2, 0.25) is 5.91 Å². The number of amides is 1. The van der Waals surface area contributed by atoms with Gasteiger partial charge < -0.3 is 14.8 Å². The Morgan fingerprint density at radius 3 is 2.12 bits per heavy atom. The van der Waals surface area contributed by atoms with Gasteiger partial charge in [-0.1, -0.05) is 30.3 Å². The second kappa shape index (κ2) is 10.6. The van der Waals surface area contributed by atoms with Gasteiger partial charge in [-0.25, -0.2) is 8.42 Å². The van der Waals surface area contributed by atoms with Crippen LogP contribution in [0.1, 0.15) is 23.2 Å². The minimum atomic E-state index is -4.02. The van der Waals surface area contributed by atoms with Crippen molar-refractivity contribution in [3.05, 3.63) is 78.4 Å². The number of Topliss-reactive ketones (excluding diaryl/α,β-unsaturated/α-hetero) is 1. The van der Waals surface area contributed by atoms with Gasteiger partial charge in [0.25, 0.3) is 10.0 Å². The van der Waals surface area contributed by atoms with Crippen LogP contribution < -0.4 is 19.5 Å². The quantitative estimate of drug-likeness (QED) is 0.433. The number of carbonyl (C=O) groups is 2. The molecule has 0 fully saturated rings. The zero-order valence-electron chi connectivity index (χ0n) is 18.2. The third-order valence-electron chi connectivity index (χ3n) is 4.75. The van der Waals surface area contributed by atoms with Crippen LogP contribution in [0.25, 0.3) is 0 Å². The van der Waals surface area contributed by atoms with Crippen molar-refractivity contribution in [2.24, 2.45) is 0 Å². The number of ether oxygens (including phenoxy) is 2. The lowest BCUT2D eigenvalue weighted by atomic mass is 10.1. The van der Waals surface area contributed by atoms with Crippen molar-refractivity contribution in [3.8, 4) is 11.5 Å². The first-order valence-electron chi connectivity index (χ1n) is 10.1. The normalized spacial score (nSPS) is 10.8. The molecule has 8 nitrogen and oxygen atoms in total. The fourth-order valence-electron chi connectivity index (χ4n) is 3.05. The average Bonchev–Trinajstić information content (AvgIpc) is 2.83. The molecule has 1 amide bonds. The van der Waals surface area contributed by atoms with Gasteiger partial charge in [-0.2, -0.15) is 0 Å². The highest BCUT2D eigenvalue weighted by molar-refractivity contribution is 7.92. The molecule has 3 rings (SSSR count). The largest absolute Gasteiger partial charge is 0.497 e. The maximum atomic E-state index is 13.0. The highest BCUT2D eigenvalue weighted by atomic mass is 32.2. The van der Waals surface area contributed by atoms with Gasteiger partial charge in [-0.3, -0.25) is 14.3 Å². The van der Waals surface area contributed by atoms with Crippen LogP contribution in [0.3, 0.4) is 0 Å². The van der Waals surface area contributed by atoms with Crippen LogP contribution in [0.2, 0.25) is 0 Å². The van der Waals surface area contributed by atoms with Crippen LogP contribution in [0.15, 0.2) is 77.7 Å². The Hall–Kier alpha value is -3.85. The Bertz CT molecular complexity index is 1230. The summed E-state index contributed by atoms with van der Waals surface area (Å²) >= 11 is 0. The van der Waals surface area contributed by atoms with E-state index in [-0.39, 0.29) is 35.0 Å². The smallest absolute Gasteiger partial charge is 0.265 e. The first-order chi connectivity index (χ1) is 15.8. The van der Waals surface area contributed by atoms with Crippen molar-refractivity contribution in [1.29, 1.82) is 0 Å². The summed E-state index contributed by atoms with van der Waals surface area (Å²) in [6.45, 7) is 0. The SMILES string of the molecule is COc1ccc(NS(=O)(=O)c2cc(NC(=O)CCC(=O)c3ccccc3)ccc2OC)cc1. The summed E-state index contributed by atoms with van der Waals surface area (Å²) in [6, 6.07) is 19.4. The number of benzene rings is 3. The molecule has 0 radical (unpaired) electrons. The molecule has 2 N–H and O–H groups in total. The maximum absolute atomic E-state index is 13.0. The first-order valence-corrected chi connectivity index (χ1v) is 11.5. The van der Waals surface area contributed by atoms with Crippen LogP contribution in [0, 0.1) is 0 Å². The standard InChI is InChI=1S/C24H24N2O6S/c1-31-20-11-8-18(9-12-20)26-33(29,30)23-16-19(10-14-22(23)32-2)25-24(28)15-13-21(27)17-6-4-3-5-7-17/h3-12,14,16,26H,13,15H2,1-2H3,(H,25,28). The summed E-state index contributed by atoms with van der Waals surface area (Å²) in [7, 11) is -1.15. The summed E-state index contributed by atoms with van der Waals surface area (Å²) < 4.78 is 38.7. The van der Waals surface area contributed by atoms with E-state index in [4.69, 9.17) is 9.47 Å². The first kappa shape index (κ1) is 23.8. The number of rotatable bonds is 10. The Morgan fingerprint density at radius 2 is 1.48 bits per heavy atom. The fourth-order valence-corrected chi connectivity index (χ4v) is 4.31. The van der Waals surface area contributed by atoms with Crippen molar-refractivity contribution in [2.75, 3.05) is 24.3 Å². The van der Waals surface area contributed by atoms with Crippen molar-refractivity contribution >= 4 is 33.1 Å². The van der Waals surface area contributed by atoms with E-state index in [1.807, 2.05) is 6.07 Å². The van der Waals surface area contributed by atoms with Gasteiger partial charge in [0.15, 0.2) is 5.78 Å². The Labute approximate surface area is 192 Å². The van der Waals surface area contributed by atoms with Crippen molar-refractivity contribution in [1.82, 2.24) is 0 Å². The molecule has 0 heterocycles. The molecule has 0 unspecified atom stereocenters. The molecule has 0 aliphatic rings. The van der Waals surface area contributed by atoms with Gasteiger partial charge in [0.05, 0.1) is 14.2 Å². The van der Waals surface area contributed by atoms with E-state index in [2.05, 4.69) is 10.0 Å². The van der Waals surface area contributed by atoms with Crippen LogP contribution in [0.4, 0.5) is 11.4 Å². The second-order valence-electron chi connectivity index (χ2n) is 7.04. The van der Waals surface area contributed by atoms with E-state index >= 15 is 0 Å². The molecule has 0 saturated heterocycles. The van der Waals surface area contributed by atoms with Crippen LogP contribution in [0.5, 0.6) is 11.5 Å². The third kappa shape index (κ3) is 6.33. The Balaban J connectivity index is 1.71. The van der Waals surface area contributed by atoms with E-state index in [1.54, 1.807) is 48.5 Å². The molecule has 0 atom stereocenters. The molecule has 9 heteroatoms. The van der Waals surface area contributed by atoms with Crippen molar-refractivity contribution in [3.63, 3.8) is 0 Å². The topological polar surface area (TPSA) is 111 Å². The number of nitrogens with one attached hydrogen (secondary N) is 2. The number of methoxy groups -OCH3 is 2. The molecule has 172 valence electrons. The molecule has 0 aliphatic carbocycles. The van der Waals surface area contributed by atoms with Gasteiger partial charge in [0.1, 0.15) is 16.4 Å². The lowest BCUT2D eigenvalue weighted by Gasteiger charge is -2.14. The zero-order chi connectivity index (χ0) is 23.8. The molecule has 0 aliphatic heterocycles. The molecule has 0 bridgehead atoms. The zero-order valence-corrected chi connectivity index (χ0v) is 19.0. The van der Waals surface area contributed by atoms with Crippen molar-refractivity contribution < 1.29 is 27.5 Å². The average molecular weight is 469 g/mol. The predicted octanol–water partition coefficient (Wildman–Crippen LogP) is 4.11. The number of hydrogen-bond donors (Lipinski definition) is 2. The second-order valence-corrected chi connectivity index (χ2v) is 8.69. The number of carbonyl (C=O) groups excluding carboxylic acids is 2. The number of anilines is 2. The Kier molecular flexibility index (Phi) is 7.68. The van der Waals surface area contributed by atoms with E-state index < -0.39 is 15.9 Å². The maximum Gasteiger partial charge on any atom is 0.265 e. The van der Waals surface area contributed by atoms with Gasteiger partial charge in [-0.15, -0.1) is 0 Å². The lowest BCUT2D eigenvalue weighted by Crippen LogP contribution is -2.16. The molecule has 0 spiro atoms. The number of sulfonamides is 1. The highest BCUT2D eigenvalue weighted by Crippen LogP contribution is 2.29. The number of ketones is 1. The summed E-state index contributed by atoms with van der Waals surface area (Å²) in [5.74, 6) is 0.155. The van der Waals surface area contributed by atoms with Crippen LogP contribution in [-0.4, -0.2) is 34.3 Å². The molecular formula is C24H24N2O6S. The minimum Gasteiger partial charge on any atom is -0.497 e. The molecule has 0 aromatic heterocycles. The van der Waals surface area contributed by atoms with Gasteiger partial charge in [0, 0.05) is 29.8 Å². The third-order valence-corrected chi connectivity index (χ3v) is 6.16. The number of hydrogen-bond acceptors (Lipinski definition) is 6. The summed E-state index contributed by atoms with van der Waals surface area (Å²) in [5.41, 5.74) is 1.14. The summed E-state index contributed by atoms with van der Waals surface area (Å²) in [4.78, 5) is 24.4. The van der Waals surface area contributed by atoms with Crippen LogP contribution >= 0.6 is 0 Å². The molecule has 3 aromatic rings. The molecule has 33 heavy (non-hydrogen) atoms. The van der Waals surface area contributed by atoms with E-state index in [0.29, 0.717) is 17.0 Å². The monoisotopic (exact) mass is 468 g/mol. The van der Waals surface area contributed by atoms with E-state index in [0.717, 1.165) is 0 Å². The highest BCUT2D eigenvalue weighted by Gasteiger charge is 2.21. The van der Waals surface area contributed by atoms with E-state index in [9.17, 15) is 18.0 Å². The summed E-state index contributed by atoms with van der Waals surface area (Å²) in [5, 5.41) is 2.64. The fraction of sp³-hybridized carbons (Fsp3) is 0.167. The van der Waals surface area contributed by atoms with Crippen LogP contribution in [-0.2, 0) is 14.8 Å². The van der Waals surface area contributed by atoms with E-state index in [1.165, 1.54) is 32.4 Å². The minimum absolute atomic E-state index is 0.0358. The molecule has 0 saturated carbocycles. The predicted molar refractivity (Wildman–Crippen MR) is 125 cm³/mol. The Morgan fingerprint density at radius 1 is 0.818 bits per heavy atom. The molecule has 3 aromatic carbocycles. The summed E-state index contributed by atoms with van der Waals surface area (Å²) in [6.07, 6.45) is 0.00210. The lowest BCUT2D eigenvalue weighted by molar-refractivity contribution is -0.116. The van der Waals surface area contributed by atoms with Crippen molar-refractivity contribution in [2.45, 2.75) is 17.7 Å². The van der Waals surface area contributed by atoms with Gasteiger partial charge in [-0.05, 0) is 42.5 Å². The van der Waals surface area contributed by atoms with Gasteiger partial charge >= 0.3 is 0 Å².